The number of methoxy groups -OCH3 is 1. The summed E-state index contributed by atoms with van der Waals surface area (Å²) in [5.74, 6) is 1.14. The Kier molecular flexibility index (Phi) is 8.14. The van der Waals surface area contributed by atoms with Crippen molar-refractivity contribution in [2.45, 2.75) is 20.3 Å². The molecule has 1 rings (SSSR count). The van der Waals surface area contributed by atoms with Gasteiger partial charge in [-0.3, -0.25) is 9.79 Å². The summed E-state index contributed by atoms with van der Waals surface area (Å²) in [7, 11) is 1.54. The molecule has 1 aromatic carbocycles. The van der Waals surface area contributed by atoms with E-state index in [1.54, 1.807) is 25.3 Å². The van der Waals surface area contributed by atoms with Crippen LogP contribution in [0.3, 0.4) is 0 Å². The van der Waals surface area contributed by atoms with E-state index in [4.69, 9.17) is 16.3 Å². The summed E-state index contributed by atoms with van der Waals surface area (Å²) in [5, 5.41) is 9.52. The van der Waals surface area contributed by atoms with E-state index in [0.29, 0.717) is 29.0 Å². The number of nitrogens with zero attached hydrogens (tertiary/aromatic N) is 1. The predicted molar refractivity (Wildman–Crippen MR) is 90.9 cm³/mol. The minimum atomic E-state index is -0.142. The molecule has 0 aliphatic carbocycles. The van der Waals surface area contributed by atoms with Gasteiger partial charge in [0.15, 0.2) is 5.96 Å². The third-order valence-electron chi connectivity index (χ3n) is 2.73. The maximum absolute atomic E-state index is 12.0. The lowest BCUT2D eigenvalue weighted by atomic mass is 10.2. The molecule has 3 N–H and O–H groups in total. The van der Waals surface area contributed by atoms with Crippen LogP contribution in [0.15, 0.2) is 23.2 Å². The standard InChI is InChI=1S/C15H23ClN4O2/c1-4-17-15(18-5-2)19-9-8-14(21)20-12-10-11(16)6-7-13(12)22-3/h6-7,10H,4-5,8-9H2,1-3H3,(H,20,21)(H2,17,18,19). The lowest BCUT2D eigenvalue weighted by Crippen LogP contribution is -2.37. The van der Waals surface area contributed by atoms with Gasteiger partial charge in [-0.25, -0.2) is 0 Å². The zero-order chi connectivity index (χ0) is 16.4. The predicted octanol–water partition coefficient (Wildman–Crippen LogP) is 2.25. The highest BCUT2D eigenvalue weighted by molar-refractivity contribution is 6.31. The van der Waals surface area contributed by atoms with Crippen LogP contribution in [0.1, 0.15) is 20.3 Å². The van der Waals surface area contributed by atoms with Gasteiger partial charge in [-0.05, 0) is 32.0 Å². The summed E-state index contributed by atoms with van der Waals surface area (Å²) in [5.41, 5.74) is 0.558. The van der Waals surface area contributed by atoms with Crippen LogP contribution in [0.25, 0.3) is 0 Å². The average Bonchev–Trinajstić information content (AvgIpc) is 2.48. The number of guanidine groups is 1. The lowest BCUT2D eigenvalue weighted by Gasteiger charge is -2.11. The zero-order valence-electron chi connectivity index (χ0n) is 13.2. The summed E-state index contributed by atoms with van der Waals surface area (Å²) in [6.45, 7) is 5.93. The first-order valence-electron chi connectivity index (χ1n) is 7.26. The van der Waals surface area contributed by atoms with Gasteiger partial charge in [0.25, 0.3) is 0 Å². The molecule has 0 spiro atoms. The maximum Gasteiger partial charge on any atom is 0.226 e. The van der Waals surface area contributed by atoms with E-state index in [2.05, 4.69) is 20.9 Å². The van der Waals surface area contributed by atoms with Crippen LogP contribution in [0.5, 0.6) is 5.75 Å². The molecule has 0 saturated carbocycles. The van der Waals surface area contributed by atoms with Gasteiger partial charge < -0.3 is 20.7 Å². The molecule has 0 unspecified atom stereocenters. The van der Waals surface area contributed by atoms with Gasteiger partial charge in [0.05, 0.1) is 19.3 Å². The number of benzene rings is 1. The molecule has 22 heavy (non-hydrogen) atoms. The molecule has 0 atom stereocenters. The molecular weight excluding hydrogens is 304 g/mol. The molecule has 122 valence electrons. The number of hydrogen-bond acceptors (Lipinski definition) is 3. The van der Waals surface area contributed by atoms with Crippen LogP contribution in [0, 0.1) is 0 Å². The molecular formula is C15H23ClN4O2. The molecule has 0 saturated heterocycles. The van der Waals surface area contributed by atoms with Crippen molar-refractivity contribution in [3.63, 3.8) is 0 Å². The topological polar surface area (TPSA) is 74.8 Å². The highest BCUT2D eigenvalue weighted by Gasteiger charge is 2.08. The molecule has 0 fully saturated rings. The van der Waals surface area contributed by atoms with Crippen molar-refractivity contribution in [2.75, 3.05) is 32.1 Å². The monoisotopic (exact) mass is 326 g/mol. The number of nitrogens with one attached hydrogen (secondary N) is 3. The van der Waals surface area contributed by atoms with E-state index in [-0.39, 0.29) is 12.3 Å². The number of hydrogen-bond donors (Lipinski definition) is 3. The fourth-order valence-electron chi connectivity index (χ4n) is 1.77. The van der Waals surface area contributed by atoms with Gasteiger partial charge in [0.1, 0.15) is 5.75 Å². The van der Waals surface area contributed by atoms with E-state index in [1.165, 1.54) is 0 Å². The number of halogens is 1. The molecule has 0 radical (unpaired) electrons. The first-order valence-corrected chi connectivity index (χ1v) is 7.64. The Labute approximate surface area is 136 Å². The van der Waals surface area contributed by atoms with Crippen molar-refractivity contribution in [1.82, 2.24) is 10.6 Å². The Morgan fingerprint density at radius 1 is 1.27 bits per heavy atom. The van der Waals surface area contributed by atoms with E-state index in [9.17, 15) is 4.79 Å². The van der Waals surface area contributed by atoms with Crippen LogP contribution in [0.4, 0.5) is 5.69 Å². The van der Waals surface area contributed by atoms with Crippen molar-refractivity contribution >= 4 is 29.2 Å². The third kappa shape index (κ3) is 6.22. The second-order valence-electron chi connectivity index (χ2n) is 4.43. The molecule has 0 aliphatic heterocycles. The van der Waals surface area contributed by atoms with Crippen molar-refractivity contribution in [3.8, 4) is 5.75 Å². The molecule has 0 heterocycles. The number of ether oxygens (including phenoxy) is 1. The van der Waals surface area contributed by atoms with Gasteiger partial charge in [0, 0.05) is 24.5 Å². The Bertz CT molecular complexity index is 512. The average molecular weight is 327 g/mol. The Hall–Kier alpha value is -1.95. The van der Waals surface area contributed by atoms with Gasteiger partial charge in [0.2, 0.25) is 5.91 Å². The molecule has 0 bridgehead atoms. The van der Waals surface area contributed by atoms with Gasteiger partial charge in [-0.2, -0.15) is 0 Å². The van der Waals surface area contributed by atoms with Crippen molar-refractivity contribution in [2.24, 2.45) is 4.99 Å². The highest BCUT2D eigenvalue weighted by atomic mass is 35.5. The Balaban J connectivity index is 2.56. The minimum Gasteiger partial charge on any atom is -0.495 e. The smallest absolute Gasteiger partial charge is 0.226 e. The Morgan fingerprint density at radius 2 is 1.95 bits per heavy atom. The number of carbonyl (C=O) groups is 1. The minimum absolute atomic E-state index is 0.142. The van der Waals surface area contributed by atoms with Crippen LogP contribution in [0.2, 0.25) is 5.02 Å². The van der Waals surface area contributed by atoms with Crippen molar-refractivity contribution in [1.29, 1.82) is 0 Å². The van der Waals surface area contributed by atoms with Crippen molar-refractivity contribution in [3.05, 3.63) is 23.2 Å². The zero-order valence-corrected chi connectivity index (χ0v) is 14.0. The molecule has 0 aliphatic rings. The number of aliphatic imine (C=N–C) groups is 1. The van der Waals surface area contributed by atoms with E-state index >= 15 is 0 Å². The number of rotatable bonds is 7. The number of amides is 1. The van der Waals surface area contributed by atoms with Crippen LogP contribution in [-0.2, 0) is 4.79 Å². The van der Waals surface area contributed by atoms with E-state index in [1.807, 2.05) is 13.8 Å². The van der Waals surface area contributed by atoms with Gasteiger partial charge in [-0.15, -0.1) is 0 Å². The SMILES string of the molecule is CCNC(=NCCC(=O)Nc1cc(Cl)ccc1OC)NCC. The number of anilines is 1. The fraction of sp³-hybridized carbons (Fsp3) is 0.467. The van der Waals surface area contributed by atoms with Gasteiger partial charge >= 0.3 is 0 Å². The van der Waals surface area contributed by atoms with Gasteiger partial charge in [-0.1, -0.05) is 11.6 Å². The summed E-state index contributed by atoms with van der Waals surface area (Å²) in [6, 6.07) is 5.08. The molecule has 0 aromatic heterocycles. The summed E-state index contributed by atoms with van der Waals surface area (Å²) < 4.78 is 5.19. The van der Waals surface area contributed by atoms with Crippen LogP contribution in [-0.4, -0.2) is 38.6 Å². The first-order chi connectivity index (χ1) is 10.6. The van der Waals surface area contributed by atoms with E-state index in [0.717, 1.165) is 13.1 Å². The normalized spacial score (nSPS) is 9.82. The highest BCUT2D eigenvalue weighted by Crippen LogP contribution is 2.27. The third-order valence-corrected chi connectivity index (χ3v) is 2.97. The fourth-order valence-corrected chi connectivity index (χ4v) is 1.94. The van der Waals surface area contributed by atoms with Crippen LogP contribution >= 0.6 is 11.6 Å². The molecule has 7 heteroatoms. The second kappa shape index (κ2) is 9.89. The second-order valence-corrected chi connectivity index (χ2v) is 4.87. The number of carbonyl (C=O) groups excluding carboxylic acids is 1. The van der Waals surface area contributed by atoms with E-state index < -0.39 is 0 Å². The maximum atomic E-state index is 12.0. The first kappa shape index (κ1) is 18.1. The quantitative estimate of drug-likeness (QED) is 0.530. The Morgan fingerprint density at radius 3 is 2.55 bits per heavy atom. The molecule has 6 nitrogen and oxygen atoms in total. The van der Waals surface area contributed by atoms with Crippen LogP contribution < -0.4 is 20.7 Å². The molecule has 1 aromatic rings. The summed E-state index contributed by atoms with van der Waals surface area (Å²) in [4.78, 5) is 16.3. The largest absolute Gasteiger partial charge is 0.495 e. The summed E-state index contributed by atoms with van der Waals surface area (Å²) in [6.07, 6.45) is 0.274. The lowest BCUT2D eigenvalue weighted by molar-refractivity contribution is -0.116. The summed E-state index contributed by atoms with van der Waals surface area (Å²) >= 11 is 5.93. The van der Waals surface area contributed by atoms with Crippen molar-refractivity contribution < 1.29 is 9.53 Å². The molecule has 1 amide bonds.